The summed E-state index contributed by atoms with van der Waals surface area (Å²) in [5.74, 6) is -0.772. The maximum atomic E-state index is 13.3. The molecule has 0 aromatic heterocycles. The molecule has 0 saturated carbocycles. The Morgan fingerprint density at radius 3 is 2.12 bits per heavy atom. The number of hydrogen-bond donors (Lipinski definition) is 3. The number of nitrogens with one attached hydrogen (secondary N) is 3. The van der Waals surface area contributed by atoms with Gasteiger partial charge in [0.05, 0.1) is 11.4 Å². The number of carbonyl (C=O) groups is 4. The van der Waals surface area contributed by atoms with Crippen LogP contribution in [0.1, 0.15) is 59.9 Å². The first-order valence-corrected chi connectivity index (χ1v) is 14.4. The number of hydrogen-bond acceptors (Lipinski definition) is 8. The quantitative estimate of drug-likeness (QED) is 0.125. The van der Waals surface area contributed by atoms with E-state index in [0.717, 1.165) is 5.56 Å². The molecule has 0 saturated heterocycles. The van der Waals surface area contributed by atoms with Gasteiger partial charge in [0.15, 0.2) is 0 Å². The van der Waals surface area contributed by atoms with Crippen LogP contribution in [-0.2, 0) is 30.4 Å². The van der Waals surface area contributed by atoms with Crippen molar-refractivity contribution < 1.29 is 33.4 Å². The molecule has 3 amide bonds. The maximum absolute atomic E-state index is 13.3. The normalized spacial score (nSPS) is 12.0. The number of rotatable bonds is 12. The van der Waals surface area contributed by atoms with E-state index in [-0.39, 0.29) is 31.3 Å². The van der Waals surface area contributed by atoms with Gasteiger partial charge in [-0.1, -0.05) is 42.5 Å². The predicted octanol–water partition coefficient (Wildman–Crippen LogP) is 5.66. The molecule has 3 N–H and O–H groups in total. The first kappa shape index (κ1) is 33.5. The van der Waals surface area contributed by atoms with E-state index in [0.29, 0.717) is 17.0 Å². The first-order valence-electron chi connectivity index (χ1n) is 13.4. The Hall–Kier alpha value is -3.73. The lowest BCUT2D eigenvalue weighted by Crippen LogP contribution is -2.46. The summed E-state index contributed by atoms with van der Waals surface area (Å²) in [5, 5.41) is 8.13. The maximum Gasteiger partial charge on any atom is 0.408 e. The Morgan fingerprint density at radius 1 is 0.829 bits per heavy atom. The average molecular weight is 588 g/mol. The highest BCUT2D eigenvalue weighted by atomic mass is 32.2. The number of amides is 3. The van der Waals surface area contributed by atoms with Crippen molar-refractivity contribution in [3.63, 3.8) is 0 Å². The Kier molecular flexibility index (Phi) is 13.0. The molecule has 0 fully saturated rings. The number of esters is 1. The van der Waals surface area contributed by atoms with Crippen LogP contribution in [0, 0.1) is 0 Å². The molecule has 1 atom stereocenters. The Morgan fingerprint density at radius 2 is 1.46 bits per heavy atom. The second-order valence-electron chi connectivity index (χ2n) is 11.2. The molecule has 2 aromatic carbocycles. The van der Waals surface area contributed by atoms with Crippen molar-refractivity contribution in [1.82, 2.24) is 10.6 Å². The number of para-hydroxylation sites is 1. The monoisotopic (exact) mass is 587 g/mol. The highest BCUT2D eigenvalue weighted by Gasteiger charge is 2.25. The van der Waals surface area contributed by atoms with Gasteiger partial charge in [0, 0.05) is 11.4 Å². The molecule has 0 aliphatic heterocycles. The minimum absolute atomic E-state index is 0.0653. The third-order valence-corrected chi connectivity index (χ3v) is 6.12. The predicted molar refractivity (Wildman–Crippen MR) is 159 cm³/mol. The van der Waals surface area contributed by atoms with Crippen molar-refractivity contribution in [3.8, 4) is 0 Å². The van der Waals surface area contributed by atoms with Gasteiger partial charge in [-0.15, -0.1) is 11.8 Å². The van der Waals surface area contributed by atoms with Crippen molar-refractivity contribution in [2.45, 2.75) is 83.1 Å². The van der Waals surface area contributed by atoms with E-state index in [1.807, 2.05) is 30.3 Å². The molecule has 224 valence electrons. The van der Waals surface area contributed by atoms with Crippen molar-refractivity contribution in [2.75, 3.05) is 17.6 Å². The van der Waals surface area contributed by atoms with E-state index < -0.39 is 35.3 Å². The SMILES string of the molecule is CC(C)(C)OC(=O)CSc1ccccc1NC(=O)[C@H](CCCNC(=O)OCc1ccccc1)NC(=O)OC(C)(C)C. The number of thioether (sulfide) groups is 1. The van der Waals surface area contributed by atoms with Crippen LogP contribution < -0.4 is 16.0 Å². The van der Waals surface area contributed by atoms with Crippen molar-refractivity contribution >= 4 is 41.5 Å². The van der Waals surface area contributed by atoms with Gasteiger partial charge >= 0.3 is 18.2 Å². The standard InChI is InChI=1S/C30H41N3O7S/c1-29(2,3)39-25(34)20-41-24-17-11-10-15-22(24)32-26(35)23(33-28(37)40-30(4,5)6)16-12-18-31-27(36)38-19-21-13-8-7-9-14-21/h7-11,13-15,17,23H,12,16,18-20H2,1-6H3,(H,31,36)(H,32,35)(H,33,37)/t23-/m0/s1. The number of benzene rings is 2. The zero-order valence-electron chi connectivity index (χ0n) is 24.6. The molecule has 41 heavy (non-hydrogen) atoms. The van der Waals surface area contributed by atoms with Crippen LogP contribution in [0.3, 0.4) is 0 Å². The number of alkyl carbamates (subject to hydrolysis) is 2. The number of carbonyl (C=O) groups excluding carboxylic acids is 4. The second kappa shape index (κ2) is 15.9. The highest BCUT2D eigenvalue weighted by Crippen LogP contribution is 2.28. The smallest absolute Gasteiger partial charge is 0.408 e. The molecule has 2 aromatic rings. The zero-order valence-corrected chi connectivity index (χ0v) is 25.4. The van der Waals surface area contributed by atoms with E-state index in [2.05, 4.69) is 16.0 Å². The summed E-state index contributed by atoms with van der Waals surface area (Å²) in [7, 11) is 0. The number of anilines is 1. The number of ether oxygens (including phenoxy) is 3. The lowest BCUT2D eigenvalue weighted by atomic mass is 10.1. The van der Waals surface area contributed by atoms with Crippen LogP contribution in [0.4, 0.5) is 15.3 Å². The largest absolute Gasteiger partial charge is 0.459 e. The van der Waals surface area contributed by atoms with Crippen molar-refractivity contribution in [1.29, 1.82) is 0 Å². The fourth-order valence-electron chi connectivity index (χ4n) is 3.41. The third kappa shape index (κ3) is 14.5. The van der Waals surface area contributed by atoms with E-state index in [9.17, 15) is 19.2 Å². The summed E-state index contributed by atoms with van der Waals surface area (Å²) in [6.07, 6.45) is -0.716. The van der Waals surface area contributed by atoms with Crippen LogP contribution >= 0.6 is 11.8 Å². The van der Waals surface area contributed by atoms with Gasteiger partial charge in [-0.3, -0.25) is 9.59 Å². The molecule has 0 aliphatic carbocycles. The van der Waals surface area contributed by atoms with Crippen LogP contribution in [0.15, 0.2) is 59.5 Å². The third-order valence-electron chi connectivity index (χ3n) is 5.07. The van der Waals surface area contributed by atoms with Crippen LogP contribution in [0.2, 0.25) is 0 Å². The van der Waals surface area contributed by atoms with Gasteiger partial charge in [0.2, 0.25) is 5.91 Å². The molecule has 2 rings (SSSR count). The zero-order chi connectivity index (χ0) is 30.5. The van der Waals surface area contributed by atoms with Crippen molar-refractivity contribution in [2.24, 2.45) is 0 Å². The molecule has 0 radical (unpaired) electrons. The lowest BCUT2D eigenvalue weighted by molar-refractivity contribution is -0.151. The average Bonchev–Trinajstić information content (AvgIpc) is 2.87. The van der Waals surface area contributed by atoms with Crippen LogP contribution in [-0.4, -0.2) is 53.6 Å². The lowest BCUT2D eigenvalue weighted by Gasteiger charge is -2.24. The molecular weight excluding hydrogens is 546 g/mol. The Bertz CT molecular complexity index is 1160. The minimum Gasteiger partial charge on any atom is -0.459 e. The molecule has 0 bridgehead atoms. The topological polar surface area (TPSA) is 132 Å². The second-order valence-corrected chi connectivity index (χ2v) is 12.2. The van der Waals surface area contributed by atoms with Crippen LogP contribution in [0.5, 0.6) is 0 Å². The van der Waals surface area contributed by atoms with Gasteiger partial charge in [0.1, 0.15) is 23.9 Å². The van der Waals surface area contributed by atoms with Gasteiger partial charge in [0.25, 0.3) is 0 Å². The fourth-order valence-corrected chi connectivity index (χ4v) is 4.19. The van der Waals surface area contributed by atoms with Crippen LogP contribution in [0.25, 0.3) is 0 Å². The molecule has 0 aliphatic rings. The summed E-state index contributed by atoms with van der Waals surface area (Å²) in [6.45, 7) is 10.9. The fraction of sp³-hybridized carbons (Fsp3) is 0.467. The molecule has 0 heterocycles. The van der Waals surface area contributed by atoms with Gasteiger partial charge < -0.3 is 30.2 Å². The minimum atomic E-state index is -0.948. The molecule has 10 nitrogen and oxygen atoms in total. The summed E-state index contributed by atoms with van der Waals surface area (Å²) >= 11 is 1.24. The Labute approximate surface area is 246 Å². The first-order chi connectivity index (χ1) is 19.2. The summed E-state index contributed by atoms with van der Waals surface area (Å²) in [4.78, 5) is 50.7. The molecule has 0 spiro atoms. The summed E-state index contributed by atoms with van der Waals surface area (Å²) in [6, 6.07) is 15.4. The summed E-state index contributed by atoms with van der Waals surface area (Å²) in [5.41, 5.74) is 0.00890. The Balaban J connectivity index is 1.98. The van der Waals surface area contributed by atoms with E-state index in [1.54, 1.807) is 65.8 Å². The van der Waals surface area contributed by atoms with E-state index in [1.165, 1.54) is 11.8 Å². The van der Waals surface area contributed by atoms with Gasteiger partial charge in [-0.25, -0.2) is 9.59 Å². The van der Waals surface area contributed by atoms with Gasteiger partial charge in [-0.05, 0) is 72.1 Å². The molecule has 11 heteroatoms. The summed E-state index contributed by atoms with van der Waals surface area (Å²) < 4.78 is 15.9. The van der Waals surface area contributed by atoms with Crippen molar-refractivity contribution in [3.05, 3.63) is 60.2 Å². The van der Waals surface area contributed by atoms with Gasteiger partial charge in [-0.2, -0.15) is 0 Å². The molecule has 0 unspecified atom stereocenters. The van der Waals surface area contributed by atoms with E-state index in [4.69, 9.17) is 14.2 Å². The highest BCUT2D eigenvalue weighted by molar-refractivity contribution is 8.00. The van der Waals surface area contributed by atoms with E-state index >= 15 is 0 Å². The molecular formula is C30H41N3O7S.